The summed E-state index contributed by atoms with van der Waals surface area (Å²) in [6, 6.07) is 10.3. The Hall–Kier alpha value is -1.82. The highest BCUT2D eigenvalue weighted by atomic mass is 16.1. The number of hydrogen-bond acceptors (Lipinski definition) is 2. The third-order valence-electron chi connectivity index (χ3n) is 3.86. The van der Waals surface area contributed by atoms with Crippen LogP contribution in [0.25, 0.3) is 0 Å². The number of amides is 1. The van der Waals surface area contributed by atoms with Gasteiger partial charge in [0.25, 0.3) is 0 Å². The van der Waals surface area contributed by atoms with Gasteiger partial charge >= 0.3 is 0 Å². The molecule has 1 amide bonds. The molecule has 0 spiro atoms. The lowest BCUT2D eigenvalue weighted by molar-refractivity contribution is -0.123. The maximum absolute atomic E-state index is 12.4. The predicted octanol–water partition coefficient (Wildman–Crippen LogP) is 2.91. The highest BCUT2D eigenvalue weighted by Crippen LogP contribution is 2.31. The second-order valence-corrected chi connectivity index (χ2v) is 5.12. The summed E-state index contributed by atoms with van der Waals surface area (Å²) in [7, 11) is 0. The molecular weight excluding hydrogens is 236 g/mol. The zero-order chi connectivity index (χ0) is 13.7. The SMILES string of the molecule is CCC(CC#N)NC(=O)C1CCCc2ccccc21. The Labute approximate surface area is 114 Å². The van der Waals surface area contributed by atoms with E-state index in [1.165, 1.54) is 5.56 Å². The Morgan fingerprint density at radius 2 is 2.32 bits per heavy atom. The molecule has 2 unspecified atom stereocenters. The van der Waals surface area contributed by atoms with E-state index in [0.29, 0.717) is 6.42 Å². The summed E-state index contributed by atoms with van der Waals surface area (Å²) in [6.07, 6.45) is 4.22. The van der Waals surface area contributed by atoms with E-state index in [0.717, 1.165) is 31.2 Å². The van der Waals surface area contributed by atoms with Gasteiger partial charge in [-0.15, -0.1) is 0 Å². The van der Waals surface area contributed by atoms with Gasteiger partial charge < -0.3 is 5.32 Å². The molecule has 1 aliphatic rings. The van der Waals surface area contributed by atoms with E-state index in [1.807, 2.05) is 19.1 Å². The third-order valence-corrected chi connectivity index (χ3v) is 3.86. The minimum atomic E-state index is -0.0438. The van der Waals surface area contributed by atoms with E-state index in [1.54, 1.807) is 0 Å². The van der Waals surface area contributed by atoms with Crippen LogP contribution in [0, 0.1) is 11.3 Å². The fourth-order valence-electron chi connectivity index (χ4n) is 2.74. The zero-order valence-electron chi connectivity index (χ0n) is 11.4. The fraction of sp³-hybridized carbons (Fsp3) is 0.500. The monoisotopic (exact) mass is 256 g/mol. The predicted molar refractivity (Wildman–Crippen MR) is 74.6 cm³/mol. The molecule has 1 N–H and O–H groups in total. The number of aryl methyl sites for hydroxylation is 1. The normalized spacial score (nSPS) is 19.1. The van der Waals surface area contributed by atoms with E-state index < -0.39 is 0 Å². The minimum Gasteiger partial charge on any atom is -0.352 e. The van der Waals surface area contributed by atoms with Crippen molar-refractivity contribution in [1.29, 1.82) is 5.26 Å². The molecule has 0 fully saturated rings. The Morgan fingerprint density at radius 1 is 1.53 bits per heavy atom. The molecule has 19 heavy (non-hydrogen) atoms. The molecule has 100 valence electrons. The van der Waals surface area contributed by atoms with Crippen LogP contribution in [0.2, 0.25) is 0 Å². The lowest BCUT2D eigenvalue weighted by atomic mass is 9.82. The molecule has 0 heterocycles. The Kier molecular flexibility index (Phi) is 4.57. The topological polar surface area (TPSA) is 52.9 Å². The molecule has 1 aliphatic carbocycles. The number of nitrogens with zero attached hydrogens (tertiary/aromatic N) is 1. The molecule has 0 radical (unpaired) electrons. The van der Waals surface area contributed by atoms with Crippen LogP contribution < -0.4 is 5.32 Å². The van der Waals surface area contributed by atoms with Gasteiger partial charge in [0, 0.05) is 6.04 Å². The molecule has 0 saturated carbocycles. The average Bonchev–Trinajstić information content (AvgIpc) is 2.46. The molecule has 3 nitrogen and oxygen atoms in total. The third kappa shape index (κ3) is 3.14. The summed E-state index contributed by atoms with van der Waals surface area (Å²) in [5.74, 6) is 0.0342. The van der Waals surface area contributed by atoms with Crippen LogP contribution in [0.1, 0.15) is 49.7 Å². The van der Waals surface area contributed by atoms with Gasteiger partial charge in [-0.05, 0) is 36.8 Å². The molecule has 2 rings (SSSR count). The van der Waals surface area contributed by atoms with Crippen LogP contribution in [-0.2, 0) is 11.2 Å². The van der Waals surface area contributed by atoms with Gasteiger partial charge in [-0.1, -0.05) is 31.2 Å². The van der Waals surface area contributed by atoms with Crippen molar-refractivity contribution in [1.82, 2.24) is 5.32 Å². The van der Waals surface area contributed by atoms with E-state index in [2.05, 4.69) is 23.5 Å². The maximum atomic E-state index is 12.4. The standard InChI is InChI=1S/C16H20N2O/c1-2-13(10-11-17)18-16(19)15-9-5-7-12-6-3-4-8-14(12)15/h3-4,6,8,13,15H,2,5,7,9-10H2,1H3,(H,18,19). The number of nitrogens with one attached hydrogen (secondary N) is 1. The van der Waals surface area contributed by atoms with Gasteiger partial charge in [-0.2, -0.15) is 5.26 Å². The molecule has 0 saturated heterocycles. The van der Waals surface area contributed by atoms with Gasteiger partial charge in [-0.3, -0.25) is 4.79 Å². The van der Waals surface area contributed by atoms with Gasteiger partial charge in [0.2, 0.25) is 5.91 Å². The summed E-state index contributed by atoms with van der Waals surface area (Å²) in [5.41, 5.74) is 2.46. The quantitative estimate of drug-likeness (QED) is 0.900. The Bertz CT molecular complexity index is 490. The van der Waals surface area contributed by atoms with E-state index >= 15 is 0 Å². The van der Waals surface area contributed by atoms with Crippen molar-refractivity contribution in [2.75, 3.05) is 0 Å². The van der Waals surface area contributed by atoms with Crippen molar-refractivity contribution in [3.05, 3.63) is 35.4 Å². The van der Waals surface area contributed by atoms with Crippen LogP contribution in [0.4, 0.5) is 0 Å². The number of fused-ring (bicyclic) bond motifs is 1. The van der Waals surface area contributed by atoms with E-state index in [-0.39, 0.29) is 17.9 Å². The minimum absolute atomic E-state index is 0.0217. The number of hydrogen-bond donors (Lipinski definition) is 1. The van der Waals surface area contributed by atoms with Crippen LogP contribution in [-0.4, -0.2) is 11.9 Å². The summed E-state index contributed by atoms with van der Waals surface area (Å²) >= 11 is 0. The van der Waals surface area contributed by atoms with Crippen molar-refractivity contribution < 1.29 is 4.79 Å². The number of carbonyl (C=O) groups is 1. The maximum Gasteiger partial charge on any atom is 0.227 e. The van der Waals surface area contributed by atoms with E-state index in [4.69, 9.17) is 5.26 Å². The molecule has 0 bridgehead atoms. The van der Waals surface area contributed by atoms with Crippen LogP contribution >= 0.6 is 0 Å². The molecular formula is C16H20N2O. The van der Waals surface area contributed by atoms with Crippen molar-refractivity contribution >= 4 is 5.91 Å². The number of carbonyl (C=O) groups excluding carboxylic acids is 1. The molecule has 1 aromatic rings. The Morgan fingerprint density at radius 3 is 3.05 bits per heavy atom. The number of rotatable bonds is 4. The summed E-state index contributed by atoms with van der Waals surface area (Å²) in [6.45, 7) is 2.00. The highest BCUT2D eigenvalue weighted by molar-refractivity contribution is 5.84. The molecule has 3 heteroatoms. The van der Waals surface area contributed by atoms with Crippen LogP contribution in [0.3, 0.4) is 0 Å². The van der Waals surface area contributed by atoms with Crippen molar-refractivity contribution in [2.45, 2.75) is 51.0 Å². The zero-order valence-corrected chi connectivity index (χ0v) is 11.4. The summed E-state index contributed by atoms with van der Waals surface area (Å²) in [4.78, 5) is 12.4. The first kappa shape index (κ1) is 13.6. The Balaban J connectivity index is 2.11. The second-order valence-electron chi connectivity index (χ2n) is 5.12. The van der Waals surface area contributed by atoms with Crippen molar-refractivity contribution in [3.63, 3.8) is 0 Å². The van der Waals surface area contributed by atoms with Gasteiger partial charge in [-0.25, -0.2) is 0 Å². The molecule has 1 aromatic carbocycles. The van der Waals surface area contributed by atoms with Gasteiger partial charge in [0.15, 0.2) is 0 Å². The first-order chi connectivity index (χ1) is 9.26. The molecule has 0 aromatic heterocycles. The summed E-state index contributed by atoms with van der Waals surface area (Å²) in [5, 5.41) is 11.8. The highest BCUT2D eigenvalue weighted by Gasteiger charge is 2.27. The lowest BCUT2D eigenvalue weighted by Gasteiger charge is -2.26. The second kappa shape index (κ2) is 6.38. The molecule has 0 aliphatic heterocycles. The largest absolute Gasteiger partial charge is 0.352 e. The smallest absolute Gasteiger partial charge is 0.227 e. The average molecular weight is 256 g/mol. The van der Waals surface area contributed by atoms with Crippen LogP contribution in [0.5, 0.6) is 0 Å². The molecule has 2 atom stereocenters. The van der Waals surface area contributed by atoms with E-state index in [9.17, 15) is 4.79 Å². The first-order valence-corrected chi connectivity index (χ1v) is 7.01. The summed E-state index contributed by atoms with van der Waals surface area (Å²) < 4.78 is 0. The first-order valence-electron chi connectivity index (χ1n) is 7.01. The van der Waals surface area contributed by atoms with Crippen molar-refractivity contribution in [3.8, 4) is 6.07 Å². The number of benzene rings is 1. The van der Waals surface area contributed by atoms with Gasteiger partial charge in [0.05, 0.1) is 18.4 Å². The van der Waals surface area contributed by atoms with Crippen molar-refractivity contribution in [2.24, 2.45) is 0 Å². The number of nitriles is 1. The fourth-order valence-corrected chi connectivity index (χ4v) is 2.74. The van der Waals surface area contributed by atoms with Crippen LogP contribution in [0.15, 0.2) is 24.3 Å². The van der Waals surface area contributed by atoms with Gasteiger partial charge in [0.1, 0.15) is 0 Å². The lowest BCUT2D eigenvalue weighted by Crippen LogP contribution is -2.38.